The zero-order valence-corrected chi connectivity index (χ0v) is 18.0. The Morgan fingerprint density at radius 2 is 1.66 bits per heavy atom. The maximum Gasteiger partial charge on any atom is 0.251 e. The van der Waals surface area contributed by atoms with Crippen molar-refractivity contribution in [2.45, 2.75) is 25.8 Å². The summed E-state index contributed by atoms with van der Waals surface area (Å²) in [5.74, 6) is -2.14. The van der Waals surface area contributed by atoms with E-state index in [1.807, 2.05) is 37.3 Å². The Kier molecular flexibility index (Phi) is 10.3. The average molecular weight is 444 g/mol. The molecule has 5 N–H and O–H groups in total. The highest BCUT2D eigenvalue weighted by molar-refractivity contribution is 5.97. The molecule has 2 rings (SSSR count). The Balaban J connectivity index is 2.12. The summed E-state index contributed by atoms with van der Waals surface area (Å²) in [4.78, 5) is 36.3. The van der Waals surface area contributed by atoms with E-state index in [0.717, 1.165) is 5.56 Å². The first-order valence-electron chi connectivity index (χ1n) is 10.3. The van der Waals surface area contributed by atoms with E-state index in [1.54, 1.807) is 5.48 Å². The molecule has 0 aliphatic rings. The van der Waals surface area contributed by atoms with E-state index in [-0.39, 0.29) is 19.8 Å². The standard InChI is InChI=1S/C23H29N3O6/c1-2-31-15-32-14-20(25-22(28)18-10-8-17(9-11-18)21(24)27)13-19(23(29)26-30)12-16-6-4-3-5-7-16/h3-11,19-20,30H,2,12-15H2,1H3,(H2,24,27)(H,25,28)(H,26,29). The fourth-order valence-corrected chi connectivity index (χ4v) is 3.17. The number of nitrogens with two attached hydrogens (primary N) is 1. The third kappa shape index (κ3) is 8.10. The summed E-state index contributed by atoms with van der Waals surface area (Å²) < 4.78 is 10.7. The van der Waals surface area contributed by atoms with Crippen LogP contribution in [0.1, 0.15) is 39.6 Å². The molecule has 2 atom stereocenters. The topological polar surface area (TPSA) is 140 Å². The van der Waals surface area contributed by atoms with Gasteiger partial charge < -0.3 is 20.5 Å². The lowest BCUT2D eigenvalue weighted by atomic mass is 9.92. The SMILES string of the molecule is CCOCOCC(CC(Cc1ccccc1)C(=O)NO)NC(=O)c1ccc(C(N)=O)cc1. The summed E-state index contributed by atoms with van der Waals surface area (Å²) in [6.45, 7) is 2.47. The van der Waals surface area contributed by atoms with Gasteiger partial charge in [0.15, 0.2) is 0 Å². The summed E-state index contributed by atoms with van der Waals surface area (Å²) in [7, 11) is 0. The number of ether oxygens (including phenoxy) is 2. The van der Waals surface area contributed by atoms with Gasteiger partial charge in [-0.1, -0.05) is 30.3 Å². The van der Waals surface area contributed by atoms with Gasteiger partial charge in [-0.05, 0) is 49.6 Å². The Morgan fingerprint density at radius 3 is 2.25 bits per heavy atom. The molecule has 0 bridgehead atoms. The molecule has 0 aliphatic heterocycles. The first kappa shape index (κ1) is 25.0. The van der Waals surface area contributed by atoms with Crippen molar-refractivity contribution in [3.63, 3.8) is 0 Å². The summed E-state index contributed by atoms with van der Waals surface area (Å²) in [5.41, 5.74) is 8.48. The zero-order valence-electron chi connectivity index (χ0n) is 18.0. The van der Waals surface area contributed by atoms with Crippen molar-refractivity contribution in [2.24, 2.45) is 11.7 Å². The van der Waals surface area contributed by atoms with Crippen LogP contribution in [-0.2, 0) is 20.7 Å². The minimum absolute atomic E-state index is 0.0473. The van der Waals surface area contributed by atoms with E-state index < -0.39 is 29.7 Å². The van der Waals surface area contributed by atoms with E-state index in [4.69, 9.17) is 15.2 Å². The minimum Gasteiger partial charge on any atom is -0.366 e. The number of hydroxylamine groups is 1. The number of nitrogens with one attached hydrogen (secondary N) is 2. The van der Waals surface area contributed by atoms with Crippen LogP contribution in [0.4, 0.5) is 0 Å². The Bertz CT molecular complexity index is 873. The molecule has 0 aliphatic carbocycles. The van der Waals surface area contributed by atoms with E-state index >= 15 is 0 Å². The second-order valence-corrected chi connectivity index (χ2v) is 7.19. The normalized spacial score (nSPS) is 12.6. The van der Waals surface area contributed by atoms with Gasteiger partial charge in [-0.15, -0.1) is 0 Å². The Labute approximate surface area is 186 Å². The fraction of sp³-hybridized carbons (Fsp3) is 0.348. The van der Waals surface area contributed by atoms with E-state index in [0.29, 0.717) is 24.2 Å². The molecular formula is C23H29N3O6. The van der Waals surface area contributed by atoms with Crippen molar-refractivity contribution in [2.75, 3.05) is 20.0 Å². The first-order valence-corrected chi connectivity index (χ1v) is 10.3. The van der Waals surface area contributed by atoms with E-state index in [2.05, 4.69) is 5.32 Å². The van der Waals surface area contributed by atoms with E-state index in [9.17, 15) is 19.6 Å². The van der Waals surface area contributed by atoms with Crippen LogP contribution >= 0.6 is 0 Å². The second-order valence-electron chi connectivity index (χ2n) is 7.19. The number of benzene rings is 2. The number of hydrogen-bond acceptors (Lipinski definition) is 6. The number of amides is 3. The average Bonchev–Trinajstić information content (AvgIpc) is 2.81. The van der Waals surface area contributed by atoms with Gasteiger partial charge in [0, 0.05) is 23.7 Å². The molecule has 0 saturated heterocycles. The molecule has 9 nitrogen and oxygen atoms in total. The summed E-state index contributed by atoms with van der Waals surface area (Å²) in [6.07, 6.45) is 0.594. The summed E-state index contributed by atoms with van der Waals surface area (Å²) >= 11 is 0. The van der Waals surface area contributed by atoms with E-state index in [1.165, 1.54) is 24.3 Å². The molecule has 0 spiro atoms. The smallest absolute Gasteiger partial charge is 0.251 e. The predicted molar refractivity (Wildman–Crippen MR) is 117 cm³/mol. The fourth-order valence-electron chi connectivity index (χ4n) is 3.17. The van der Waals surface area contributed by atoms with Gasteiger partial charge in [-0.25, -0.2) is 5.48 Å². The van der Waals surface area contributed by atoms with Gasteiger partial charge in [-0.3, -0.25) is 19.6 Å². The molecule has 0 radical (unpaired) electrons. The molecule has 3 amide bonds. The minimum atomic E-state index is -0.611. The molecule has 32 heavy (non-hydrogen) atoms. The molecular weight excluding hydrogens is 414 g/mol. The number of primary amides is 1. The first-order chi connectivity index (χ1) is 15.4. The van der Waals surface area contributed by atoms with Gasteiger partial charge in [0.05, 0.1) is 12.6 Å². The van der Waals surface area contributed by atoms with Crippen molar-refractivity contribution in [3.05, 3.63) is 71.3 Å². The second kappa shape index (κ2) is 13.2. The predicted octanol–water partition coefficient (Wildman–Crippen LogP) is 1.65. The summed E-state index contributed by atoms with van der Waals surface area (Å²) in [5, 5.41) is 12.1. The zero-order chi connectivity index (χ0) is 23.3. The largest absolute Gasteiger partial charge is 0.366 e. The molecule has 0 aromatic heterocycles. The van der Waals surface area contributed by atoms with Gasteiger partial charge in [-0.2, -0.15) is 0 Å². The van der Waals surface area contributed by atoms with Crippen LogP contribution in [0.15, 0.2) is 54.6 Å². The molecule has 2 unspecified atom stereocenters. The summed E-state index contributed by atoms with van der Waals surface area (Å²) in [6, 6.07) is 14.8. The van der Waals surface area contributed by atoms with Crippen LogP contribution in [0.25, 0.3) is 0 Å². The van der Waals surface area contributed by atoms with Crippen molar-refractivity contribution in [1.29, 1.82) is 0 Å². The lowest BCUT2D eigenvalue weighted by molar-refractivity contribution is -0.134. The van der Waals surface area contributed by atoms with Crippen LogP contribution in [0.5, 0.6) is 0 Å². The third-order valence-electron chi connectivity index (χ3n) is 4.83. The molecule has 9 heteroatoms. The number of carbonyl (C=O) groups is 3. The van der Waals surface area contributed by atoms with Crippen LogP contribution in [0, 0.1) is 5.92 Å². The van der Waals surface area contributed by atoms with Gasteiger partial charge >= 0.3 is 0 Å². The number of rotatable bonds is 13. The Hall–Kier alpha value is -3.27. The van der Waals surface area contributed by atoms with Crippen LogP contribution in [0.3, 0.4) is 0 Å². The van der Waals surface area contributed by atoms with Crippen LogP contribution in [-0.4, -0.2) is 49.0 Å². The van der Waals surface area contributed by atoms with Gasteiger partial charge in [0.2, 0.25) is 11.8 Å². The lowest BCUT2D eigenvalue weighted by Crippen LogP contribution is -2.42. The lowest BCUT2D eigenvalue weighted by Gasteiger charge is -2.24. The highest BCUT2D eigenvalue weighted by atomic mass is 16.7. The molecule has 0 fully saturated rings. The molecule has 172 valence electrons. The quantitative estimate of drug-likeness (QED) is 0.161. The van der Waals surface area contributed by atoms with Crippen molar-refractivity contribution in [3.8, 4) is 0 Å². The van der Waals surface area contributed by atoms with Gasteiger partial charge in [0.25, 0.3) is 5.91 Å². The number of carbonyl (C=O) groups excluding carboxylic acids is 3. The van der Waals surface area contributed by atoms with Crippen molar-refractivity contribution >= 4 is 17.7 Å². The molecule has 2 aromatic rings. The molecule has 0 heterocycles. The monoisotopic (exact) mass is 443 g/mol. The van der Waals surface area contributed by atoms with Crippen LogP contribution < -0.4 is 16.5 Å². The van der Waals surface area contributed by atoms with Crippen molar-refractivity contribution < 1.29 is 29.1 Å². The Morgan fingerprint density at radius 1 is 1.00 bits per heavy atom. The van der Waals surface area contributed by atoms with Gasteiger partial charge in [0.1, 0.15) is 6.79 Å². The maximum atomic E-state index is 12.7. The highest BCUT2D eigenvalue weighted by Gasteiger charge is 2.25. The van der Waals surface area contributed by atoms with Crippen molar-refractivity contribution in [1.82, 2.24) is 10.8 Å². The number of hydrogen-bond donors (Lipinski definition) is 4. The molecule has 2 aromatic carbocycles. The third-order valence-corrected chi connectivity index (χ3v) is 4.83. The maximum absolute atomic E-state index is 12.7. The van der Waals surface area contributed by atoms with Crippen LogP contribution in [0.2, 0.25) is 0 Å². The highest BCUT2D eigenvalue weighted by Crippen LogP contribution is 2.16. The molecule has 0 saturated carbocycles.